The van der Waals surface area contributed by atoms with Gasteiger partial charge in [0.25, 0.3) is 0 Å². The van der Waals surface area contributed by atoms with Crippen molar-refractivity contribution in [3.63, 3.8) is 0 Å². The van der Waals surface area contributed by atoms with Crippen molar-refractivity contribution in [1.29, 1.82) is 0 Å². The zero-order chi connectivity index (χ0) is 15.2. The van der Waals surface area contributed by atoms with E-state index in [2.05, 4.69) is 78.9 Å². The maximum Gasteiger partial charge on any atom is 0.128 e. The third-order valence-corrected chi connectivity index (χ3v) is 5.30. The summed E-state index contributed by atoms with van der Waals surface area (Å²) in [6, 6.07) is 28.2. The van der Waals surface area contributed by atoms with E-state index in [9.17, 15) is 0 Å². The summed E-state index contributed by atoms with van der Waals surface area (Å²) in [5, 5.41) is 0. The van der Waals surface area contributed by atoms with Gasteiger partial charge in [0.1, 0.15) is 11.9 Å². The first kappa shape index (κ1) is 13.0. The van der Waals surface area contributed by atoms with Gasteiger partial charge in [-0.1, -0.05) is 72.8 Å². The summed E-state index contributed by atoms with van der Waals surface area (Å²) in [7, 11) is 0. The average Bonchev–Trinajstić information content (AvgIpc) is 2.98. The highest BCUT2D eigenvalue weighted by molar-refractivity contribution is 5.49. The number of hydrogen-bond donors (Lipinski definition) is 0. The first-order chi connectivity index (χ1) is 11.4. The smallest absolute Gasteiger partial charge is 0.128 e. The van der Waals surface area contributed by atoms with Crippen molar-refractivity contribution >= 4 is 0 Å². The number of hydrogen-bond acceptors (Lipinski definition) is 1. The molecular formula is C22H18O. The molecule has 1 aliphatic heterocycles. The van der Waals surface area contributed by atoms with E-state index in [1.54, 1.807) is 0 Å². The Labute approximate surface area is 136 Å². The minimum Gasteiger partial charge on any atom is -0.485 e. The van der Waals surface area contributed by atoms with E-state index in [4.69, 9.17) is 4.74 Å². The molecule has 0 saturated carbocycles. The summed E-state index contributed by atoms with van der Waals surface area (Å²) in [6.45, 7) is 0. The number of para-hydroxylation sites is 1. The summed E-state index contributed by atoms with van der Waals surface area (Å²) in [5.41, 5.74) is 5.53. The lowest BCUT2D eigenvalue weighted by Gasteiger charge is -2.36. The molecule has 1 aliphatic carbocycles. The fourth-order valence-corrected chi connectivity index (χ4v) is 4.33. The average molecular weight is 298 g/mol. The Morgan fingerprint density at radius 1 is 0.696 bits per heavy atom. The third-order valence-electron chi connectivity index (χ3n) is 5.30. The second-order valence-electron chi connectivity index (χ2n) is 6.53. The predicted molar refractivity (Wildman–Crippen MR) is 91.7 cm³/mol. The van der Waals surface area contributed by atoms with E-state index in [-0.39, 0.29) is 6.10 Å². The zero-order valence-corrected chi connectivity index (χ0v) is 12.9. The molecule has 3 aromatic rings. The second kappa shape index (κ2) is 4.99. The van der Waals surface area contributed by atoms with Crippen molar-refractivity contribution < 1.29 is 4.74 Å². The van der Waals surface area contributed by atoms with E-state index >= 15 is 0 Å². The SMILES string of the molecule is c1ccc([C@@H]2c3ccccc3O[C@@H]3c4ccccc4C[C@H]23)cc1. The Balaban J connectivity index is 1.70. The second-order valence-corrected chi connectivity index (χ2v) is 6.53. The van der Waals surface area contributed by atoms with Gasteiger partial charge in [-0.25, -0.2) is 0 Å². The Morgan fingerprint density at radius 3 is 2.26 bits per heavy atom. The Morgan fingerprint density at radius 2 is 1.39 bits per heavy atom. The fourth-order valence-electron chi connectivity index (χ4n) is 4.33. The molecule has 1 heteroatoms. The van der Waals surface area contributed by atoms with E-state index in [0.717, 1.165) is 12.2 Å². The van der Waals surface area contributed by atoms with Crippen LogP contribution >= 0.6 is 0 Å². The van der Waals surface area contributed by atoms with E-state index in [0.29, 0.717) is 11.8 Å². The Bertz CT molecular complexity index is 853. The molecule has 0 aromatic heterocycles. The van der Waals surface area contributed by atoms with Crippen LogP contribution < -0.4 is 4.74 Å². The van der Waals surface area contributed by atoms with Gasteiger partial charge in [-0.15, -0.1) is 0 Å². The van der Waals surface area contributed by atoms with Gasteiger partial charge in [0.15, 0.2) is 0 Å². The van der Waals surface area contributed by atoms with Crippen molar-refractivity contribution in [3.8, 4) is 5.75 Å². The minimum absolute atomic E-state index is 0.173. The molecule has 3 aromatic carbocycles. The molecule has 2 aliphatic rings. The quantitative estimate of drug-likeness (QED) is 0.605. The van der Waals surface area contributed by atoms with Crippen LogP contribution in [0.4, 0.5) is 0 Å². The van der Waals surface area contributed by atoms with Gasteiger partial charge in [-0.2, -0.15) is 0 Å². The van der Waals surface area contributed by atoms with Crippen LogP contribution in [0.15, 0.2) is 78.9 Å². The van der Waals surface area contributed by atoms with Gasteiger partial charge in [0.2, 0.25) is 0 Å². The number of rotatable bonds is 1. The van der Waals surface area contributed by atoms with Crippen LogP contribution in [0.5, 0.6) is 5.75 Å². The van der Waals surface area contributed by atoms with Crippen LogP contribution in [-0.4, -0.2) is 0 Å². The first-order valence-corrected chi connectivity index (χ1v) is 8.30. The molecular weight excluding hydrogens is 280 g/mol. The van der Waals surface area contributed by atoms with Crippen LogP contribution in [-0.2, 0) is 6.42 Å². The molecule has 0 saturated heterocycles. The lowest BCUT2D eigenvalue weighted by Crippen LogP contribution is -2.27. The highest BCUT2D eigenvalue weighted by atomic mass is 16.5. The molecule has 0 fully saturated rings. The molecule has 1 nitrogen and oxygen atoms in total. The molecule has 0 N–H and O–H groups in total. The normalized spacial score (nSPS) is 24.3. The van der Waals surface area contributed by atoms with Crippen molar-refractivity contribution in [1.82, 2.24) is 0 Å². The highest BCUT2D eigenvalue weighted by Gasteiger charge is 2.44. The highest BCUT2D eigenvalue weighted by Crippen LogP contribution is 2.53. The maximum absolute atomic E-state index is 6.43. The predicted octanol–water partition coefficient (Wildman–Crippen LogP) is 5.12. The van der Waals surface area contributed by atoms with E-state index in [1.807, 2.05) is 0 Å². The van der Waals surface area contributed by atoms with Crippen molar-refractivity contribution in [2.45, 2.75) is 18.4 Å². The summed E-state index contributed by atoms with van der Waals surface area (Å²) in [5.74, 6) is 1.92. The van der Waals surface area contributed by atoms with Gasteiger partial charge in [-0.05, 0) is 29.2 Å². The summed E-state index contributed by atoms with van der Waals surface area (Å²) in [4.78, 5) is 0. The Kier molecular flexibility index (Phi) is 2.81. The number of ether oxygens (including phenoxy) is 1. The Hall–Kier alpha value is -2.54. The molecule has 23 heavy (non-hydrogen) atoms. The van der Waals surface area contributed by atoms with E-state index < -0.39 is 0 Å². The topological polar surface area (TPSA) is 9.23 Å². The largest absolute Gasteiger partial charge is 0.485 e. The molecule has 5 rings (SSSR count). The molecule has 3 atom stereocenters. The van der Waals surface area contributed by atoms with Gasteiger partial charge in [0, 0.05) is 17.4 Å². The molecule has 0 unspecified atom stereocenters. The third kappa shape index (κ3) is 1.93. The first-order valence-electron chi connectivity index (χ1n) is 8.30. The van der Waals surface area contributed by atoms with Crippen molar-refractivity contribution in [3.05, 3.63) is 101 Å². The molecule has 0 amide bonds. The minimum atomic E-state index is 0.173. The number of fused-ring (bicyclic) bond motifs is 4. The molecule has 0 spiro atoms. The van der Waals surface area contributed by atoms with Gasteiger partial charge >= 0.3 is 0 Å². The maximum atomic E-state index is 6.43. The molecule has 0 radical (unpaired) electrons. The monoisotopic (exact) mass is 298 g/mol. The van der Waals surface area contributed by atoms with Crippen LogP contribution in [0.25, 0.3) is 0 Å². The number of benzene rings is 3. The van der Waals surface area contributed by atoms with Crippen LogP contribution in [0.3, 0.4) is 0 Å². The zero-order valence-electron chi connectivity index (χ0n) is 12.9. The van der Waals surface area contributed by atoms with Crippen molar-refractivity contribution in [2.75, 3.05) is 0 Å². The van der Waals surface area contributed by atoms with Crippen LogP contribution in [0, 0.1) is 5.92 Å². The standard InChI is InChI=1S/C22H18O/c1-2-8-15(9-3-1)21-18-12-6-7-13-20(18)23-22-17-11-5-4-10-16(17)14-19(21)22/h1-13,19,21-22H,14H2/t19-,21-,22-/m1/s1. The molecule has 112 valence electrons. The summed E-state index contributed by atoms with van der Waals surface area (Å²) in [6.07, 6.45) is 1.26. The molecule has 1 heterocycles. The van der Waals surface area contributed by atoms with Gasteiger partial charge in [-0.3, -0.25) is 0 Å². The summed E-state index contributed by atoms with van der Waals surface area (Å²) < 4.78 is 6.43. The molecule has 0 bridgehead atoms. The van der Waals surface area contributed by atoms with E-state index in [1.165, 1.54) is 22.3 Å². The van der Waals surface area contributed by atoms with Crippen LogP contribution in [0.1, 0.15) is 34.3 Å². The van der Waals surface area contributed by atoms with Gasteiger partial charge < -0.3 is 4.74 Å². The fraction of sp³-hybridized carbons (Fsp3) is 0.182. The lowest BCUT2D eigenvalue weighted by atomic mass is 9.76. The van der Waals surface area contributed by atoms with Crippen molar-refractivity contribution in [2.24, 2.45) is 5.92 Å². The van der Waals surface area contributed by atoms with Gasteiger partial charge in [0.05, 0.1) is 0 Å². The summed E-state index contributed by atoms with van der Waals surface area (Å²) >= 11 is 0. The van der Waals surface area contributed by atoms with Crippen LogP contribution in [0.2, 0.25) is 0 Å². The lowest BCUT2D eigenvalue weighted by molar-refractivity contribution is 0.116.